The van der Waals surface area contributed by atoms with Gasteiger partial charge in [-0.25, -0.2) is 0 Å². The number of benzene rings is 2. The normalized spacial score (nSPS) is 11.5. The molecule has 0 bridgehead atoms. The van der Waals surface area contributed by atoms with E-state index in [4.69, 9.17) is 5.11 Å². The molecule has 0 radical (unpaired) electrons. The summed E-state index contributed by atoms with van der Waals surface area (Å²) >= 11 is 3.08. The summed E-state index contributed by atoms with van der Waals surface area (Å²) in [4.78, 5) is 0. The van der Waals surface area contributed by atoms with E-state index in [1.807, 2.05) is 12.1 Å². The minimum absolute atomic E-state index is 0.0334. The van der Waals surface area contributed by atoms with E-state index >= 15 is 0 Å². The molecule has 0 amide bonds. The van der Waals surface area contributed by atoms with Crippen LogP contribution < -0.4 is 5.32 Å². The molecule has 0 fully saturated rings. The lowest BCUT2D eigenvalue weighted by molar-refractivity contribution is -0.137. The standard InChI is InChI=1S/C15H13BrF3NO/c16-13-5-12(15(17,18)19)6-14(7-13)20-8-10-1-3-11(9-21)4-2-10/h1-7,20-21H,8-9H2. The summed E-state index contributed by atoms with van der Waals surface area (Å²) < 4.78 is 38.5. The minimum Gasteiger partial charge on any atom is -0.392 e. The second-order valence-corrected chi connectivity index (χ2v) is 5.47. The molecule has 2 aromatic carbocycles. The summed E-state index contributed by atoms with van der Waals surface area (Å²) in [6.45, 7) is 0.369. The number of hydrogen-bond donors (Lipinski definition) is 2. The second-order valence-electron chi connectivity index (χ2n) is 4.55. The lowest BCUT2D eigenvalue weighted by Crippen LogP contribution is -2.07. The van der Waals surface area contributed by atoms with Gasteiger partial charge in [0.2, 0.25) is 0 Å². The number of rotatable bonds is 4. The fourth-order valence-corrected chi connectivity index (χ4v) is 2.32. The molecule has 0 spiro atoms. The highest BCUT2D eigenvalue weighted by molar-refractivity contribution is 9.10. The predicted octanol–water partition coefficient (Wildman–Crippen LogP) is 4.57. The Labute approximate surface area is 128 Å². The monoisotopic (exact) mass is 359 g/mol. The van der Waals surface area contributed by atoms with Crippen molar-refractivity contribution in [3.63, 3.8) is 0 Å². The molecule has 0 atom stereocenters. The van der Waals surface area contributed by atoms with E-state index < -0.39 is 11.7 Å². The van der Waals surface area contributed by atoms with Crippen molar-refractivity contribution in [3.05, 3.63) is 63.6 Å². The highest BCUT2D eigenvalue weighted by Crippen LogP contribution is 2.33. The van der Waals surface area contributed by atoms with E-state index in [1.54, 1.807) is 18.2 Å². The Balaban J connectivity index is 2.10. The molecule has 2 nitrogen and oxygen atoms in total. The van der Waals surface area contributed by atoms with Gasteiger partial charge in [0.25, 0.3) is 0 Å². The molecule has 6 heteroatoms. The van der Waals surface area contributed by atoms with Gasteiger partial charge in [0.1, 0.15) is 0 Å². The zero-order valence-electron chi connectivity index (χ0n) is 10.9. The molecule has 0 saturated heterocycles. The maximum absolute atomic E-state index is 12.7. The van der Waals surface area contributed by atoms with Crippen molar-refractivity contribution in [2.24, 2.45) is 0 Å². The zero-order chi connectivity index (χ0) is 15.5. The summed E-state index contributed by atoms with van der Waals surface area (Å²) in [7, 11) is 0. The maximum Gasteiger partial charge on any atom is 0.416 e. The Morgan fingerprint density at radius 3 is 2.19 bits per heavy atom. The van der Waals surface area contributed by atoms with Gasteiger partial charge in [0.15, 0.2) is 0 Å². The van der Waals surface area contributed by atoms with E-state index in [2.05, 4.69) is 21.2 Å². The van der Waals surface area contributed by atoms with E-state index in [9.17, 15) is 13.2 Å². The van der Waals surface area contributed by atoms with Crippen LogP contribution >= 0.6 is 15.9 Å². The van der Waals surface area contributed by atoms with Crippen LogP contribution in [0, 0.1) is 0 Å². The van der Waals surface area contributed by atoms with Gasteiger partial charge in [-0.15, -0.1) is 0 Å². The molecule has 0 heterocycles. The largest absolute Gasteiger partial charge is 0.416 e. The molecule has 2 rings (SSSR count). The van der Waals surface area contributed by atoms with E-state index in [-0.39, 0.29) is 6.61 Å². The van der Waals surface area contributed by atoms with Crippen LogP contribution in [0.5, 0.6) is 0 Å². The van der Waals surface area contributed by atoms with Crippen LogP contribution in [0.4, 0.5) is 18.9 Å². The van der Waals surface area contributed by atoms with Gasteiger partial charge < -0.3 is 10.4 Å². The van der Waals surface area contributed by atoms with Crippen LogP contribution in [-0.2, 0) is 19.3 Å². The molecule has 0 aliphatic rings. The number of alkyl halides is 3. The molecule has 21 heavy (non-hydrogen) atoms. The molecule has 2 N–H and O–H groups in total. The second kappa shape index (κ2) is 6.49. The van der Waals surface area contributed by atoms with Crippen molar-refractivity contribution in [1.29, 1.82) is 0 Å². The van der Waals surface area contributed by atoms with Crippen molar-refractivity contribution in [2.75, 3.05) is 5.32 Å². The maximum atomic E-state index is 12.7. The summed E-state index contributed by atoms with van der Waals surface area (Å²) in [5.74, 6) is 0. The Hall–Kier alpha value is -1.53. The van der Waals surface area contributed by atoms with Crippen LogP contribution in [0.15, 0.2) is 46.9 Å². The molecule has 0 aliphatic heterocycles. The van der Waals surface area contributed by atoms with Gasteiger partial charge in [0, 0.05) is 16.7 Å². The smallest absolute Gasteiger partial charge is 0.392 e. The van der Waals surface area contributed by atoms with Gasteiger partial charge in [-0.3, -0.25) is 0 Å². The quantitative estimate of drug-likeness (QED) is 0.837. The predicted molar refractivity (Wildman–Crippen MR) is 78.8 cm³/mol. The zero-order valence-corrected chi connectivity index (χ0v) is 12.5. The van der Waals surface area contributed by atoms with Crippen molar-refractivity contribution in [3.8, 4) is 0 Å². The first-order valence-corrected chi connectivity index (χ1v) is 6.98. The summed E-state index contributed by atoms with van der Waals surface area (Å²) in [6, 6.07) is 10.9. The molecule has 2 aromatic rings. The average Bonchev–Trinajstić information content (AvgIpc) is 2.44. The van der Waals surface area contributed by atoms with Crippen LogP contribution in [0.3, 0.4) is 0 Å². The number of hydrogen-bond acceptors (Lipinski definition) is 2. The number of aliphatic hydroxyl groups excluding tert-OH is 1. The molecule has 0 saturated carbocycles. The average molecular weight is 360 g/mol. The van der Waals surface area contributed by atoms with Crippen molar-refractivity contribution in [2.45, 2.75) is 19.3 Å². The summed E-state index contributed by atoms with van der Waals surface area (Å²) in [6.07, 6.45) is -4.37. The molecule has 0 aromatic heterocycles. The summed E-state index contributed by atoms with van der Waals surface area (Å²) in [5, 5.41) is 11.9. The lowest BCUT2D eigenvalue weighted by Gasteiger charge is -2.12. The fourth-order valence-electron chi connectivity index (χ4n) is 1.82. The van der Waals surface area contributed by atoms with Gasteiger partial charge in [0.05, 0.1) is 12.2 Å². The minimum atomic E-state index is -4.37. The Bertz CT molecular complexity index is 611. The topological polar surface area (TPSA) is 32.3 Å². The number of halogens is 4. The first-order chi connectivity index (χ1) is 9.88. The first kappa shape index (κ1) is 15.9. The number of nitrogens with one attached hydrogen (secondary N) is 1. The lowest BCUT2D eigenvalue weighted by atomic mass is 10.1. The van der Waals surface area contributed by atoms with Crippen LogP contribution in [0.2, 0.25) is 0 Å². The molecule has 0 aliphatic carbocycles. The van der Waals surface area contributed by atoms with Crippen LogP contribution in [0.25, 0.3) is 0 Å². The Kier molecular flexibility index (Phi) is 4.90. The van der Waals surface area contributed by atoms with E-state index in [1.165, 1.54) is 0 Å². The van der Waals surface area contributed by atoms with E-state index in [0.29, 0.717) is 16.7 Å². The van der Waals surface area contributed by atoms with Gasteiger partial charge in [-0.2, -0.15) is 13.2 Å². The van der Waals surface area contributed by atoms with Gasteiger partial charge in [-0.1, -0.05) is 40.2 Å². The summed E-state index contributed by atoms with van der Waals surface area (Å²) in [5.41, 5.74) is 1.40. The molecular weight excluding hydrogens is 347 g/mol. The van der Waals surface area contributed by atoms with Crippen molar-refractivity contribution in [1.82, 2.24) is 0 Å². The highest BCUT2D eigenvalue weighted by Gasteiger charge is 2.31. The van der Waals surface area contributed by atoms with E-state index in [0.717, 1.165) is 23.3 Å². The molecule has 0 unspecified atom stereocenters. The van der Waals surface area contributed by atoms with Gasteiger partial charge >= 0.3 is 6.18 Å². The fraction of sp³-hybridized carbons (Fsp3) is 0.200. The third-order valence-electron chi connectivity index (χ3n) is 2.93. The molecule has 112 valence electrons. The first-order valence-electron chi connectivity index (χ1n) is 6.19. The molecular formula is C15H13BrF3NO. The Morgan fingerprint density at radius 2 is 1.62 bits per heavy atom. The van der Waals surface area contributed by atoms with Crippen molar-refractivity contribution >= 4 is 21.6 Å². The van der Waals surface area contributed by atoms with Crippen molar-refractivity contribution < 1.29 is 18.3 Å². The van der Waals surface area contributed by atoms with Gasteiger partial charge in [-0.05, 0) is 29.3 Å². The third-order valence-corrected chi connectivity index (χ3v) is 3.39. The highest BCUT2D eigenvalue weighted by atomic mass is 79.9. The van der Waals surface area contributed by atoms with Crippen LogP contribution in [-0.4, -0.2) is 5.11 Å². The van der Waals surface area contributed by atoms with Crippen LogP contribution in [0.1, 0.15) is 16.7 Å². The SMILES string of the molecule is OCc1ccc(CNc2cc(Br)cc(C(F)(F)F)c2)cc1. The number of anilines is 1. The third kappa shape index (κ3) is 4.47. The number of aliphatic hydroxyl groups is 1. The Morgan fingerprint density at radius 1 is 1.00 bits per heavy atom.